The van der Waals surface area contributed by atoms with E-state index in [2.05, 4.69) is 21.3 Å². The number of rotatable bonds is 9. The zero-order valence-electron chi connectivity index (χ0n) is 40.7. The molecule has 5 fully saturated rings. The van der Waals surface area contributed by atoms with E-state index in [4.69, 9.17) is 47.4 Å². The van der Waals surface area contributed by atoms with Crippen LogP contribution in [-0.2, 0) is 47.4 Å². The first-order chi connectivity index (χ1) is 30.0. The van der Waals surface area contributed by atoms with Crippen LogP contribution in [0.3, 0.4) is 0 Å². The molecule has 2 aliphatic carbocycles. The number of amides is 4. The number of carbonyl (C=O) groups excluding carboxylic acids is 4. The summed E-state index contributed by atoms with van der Waals surface area (Å²) in [5.74, 6) is -1.39. The Bertz CT molecular complexity index is 1620. The summed E-state index contributed by atoms with van der Waals surface area (Å²) >= 11 is 0. The van der Waals surface area contributed by atoms with Crippen LogP contribution in [0.4, 0.5) is 19.2 Å². The summed E-state index contributed by atoms with van der Waals surface area (Å²) in [4.78, 5) is 52.4. The lowest BCUT2D eigenvalue weighted by molar-refractivity contribution is -0.390. The predicted octanol–water partition coefficient (Wildman–Crippen LogP) is 5.03. The fourth-order valence-corrected chi connectivity index (χ4v) is 8.77. The van der Waals surface area contributed by atoms with Gasteiger partial charge in [0.2, 0.25) is 0 Å². The van der Waals surface area contributed by atoms with Crippen molar-refractivity contribution >= 4 is 24.4 Å². The molecule has 2 saturated carbocycles. The number of hydrogen-bond acceptors (Lipinski definition) is 16. The molecule has 3 heterocycles. The maximum Gasteiger partial charge on any atom is 0.408 e. The smallest absolute Gasteiger partial charge is 0.408 e. The molecule has 0 aromatic heterocycles. The number of nitrogens with one attached hydrogen (secondary N) is 4. The molecule has 0 aromatic carbocycles. The van der Waals surface area contributed by atoms with E-state index in [9.17, 15) is 29.4 Å². The van der Waals surface area contributed by atoms with Crippen molar-refractivity contribution in [1.29, 1.82) is 0 Å². The van der Waals surface area contributed by atoms with E-state index in [1.165, 1.54) is 0 Å². The van der Waals surface area contributed by atoms with Crippen LogP contribution in [0, 0.1) is 5.92 Å². The van der Waals surface area contributed by atoms with Crippen molar-refractivity contribution < 1.29 is 76.8 Å². The number of alkyl carbamates (subject to hydrolysis) is 4. The van der Waals surface area contributed by atoms with Crippen molar-refractivity contribution in [3.05, 3.63) is 0 Å². The minimum Gasteiger partial charge on any atom is -0.444 e. The van der Waals surface area contributed by atoms with Crippen LogP contribution in [0.25, 0.3) is 0 Å². The summed E-state index contributed by atoms with van der Waals surface area (Å²) in [6, 6.07) is -2.77. The second-order valence-corrected chi connectivity index (χ2v) is 22.1. The second-order valence-electron chi connectivity index (χ2n) is 22.1. The molecule has 0 radical (unpaired) electrons. The number of aliphatic hydroxyl groups is 2. The highest BCUT2D eigenvalue weighted by molar-refractivity contribution is 5.69. The summed E-state index contributed by atoms with van der Waals surface area (Å²) < 4.78 is 61.1. The van der Waals surface area contributed by atoms with Gasteiger partial charge in [0.15, 0.2) is 18.4 Å². The van der Waals surface area contributed by atoms with Crippen molar-refractivity contribution in [2.45, 2.75) is 243 Å². The van der Waals surface area contributed by atoms with Crippen LogP contribution in [0.1, 0.15) is 141 Å². The van der Waals surface area contributed by atoms with Crippen LogP contribution in [0.2, 0.25) is 0 Å². The lowest BCUT2D eigenvalue weighted by atomic mass is 9.80. The molecule has 3 saturated heterocycles. The molecule has 20 nitrogen and oxygen atoms in total. The summed E-state index contributed by atoms with van der Waals surface area (Å²) in [5, 5.41) is 35.7. The van der Waals surface area contributed by atoms with E-state index in [0.29, 0.717) is 25.7 Å². The predicted molar refractivity (Wildman–Crippen MR) is 232 cm³/mol. The quantitative estimate of drug-likeness (QED) is 0.166. The number of carbonyl (C=O) groups is 4. The van der Waals surface area contributed by atoms with Crippen LogP contribution in [0.15, 0.2) is 0 Å². The van der Waals surface area contributed by atoms with E-state index < -0.39 is 132 Å². The average molecular weight is 931 g/mol. The normalized spacial score (nSPS) is 34.3. The molecule has 5 aliphatic rings. The number of fused-ring (bicyclic) bond motifs is 1. The summed E-state index contributed by atoms with van der Waals surface area (Å²) in [5.41, 5.74) is -3.25. The van der Waals surface area contributed by atoms with Crippen LogP contribution >= 0.6 is 0 Å². The van der Waals surface area contributed by atoms with Gasteiger partial charge in [-0.05, 0) is 121 Å². The third-order valence-corrected chi connectivity index (χ3v) is 11.4. The van der Waals surface area contributed by atoms with Crippen LogP contribution in [-0.4, -0.2) is 149 Å². The molecule has 13 atom stereocenters. The Balaban J connectivity index is 1.42. The molecular formula is C45H78N4O16. The first-order valence-corrected chi connectivity index (χ1v) is 23.2. The minimum absolute atomic E-state index is 0.0373. The first kappa shape index (κ1) is 52.7. The largest absolute Gasteiger partial charge is 0.444 e. The monoisotopic (exact) mass is 931 g/mol. The third-order valence-electron chi connectivity index (χ3n) is 11.4. The number of ether oxygens (including phenoxy) is 10. The van der Waals surface area contributed by atoms with Crippen molar-refractivity contribution in [3.8, 4) is 0 Å². The summed E-state index contributed by atoms with van der Waals surface area (Å²) in [6.07, 6.45) is -8.21. The molecule has 3 aliphatic heterocycles. The highest BCUT2D eigenvalue weighted by Gasteiger charge is 2.56. The van der Waals surface area contributed by atoms with Gasteiger partial charge in [-0.15, -0.1) is 0 Å². The van der Waals surface area contributed by atoms with Gasteiger partial charge in [0, 0.05) is 19.4 Å². The molecule has 20 heteroatoms. The molecular weight excluding hydrogens is 853 g/mol. The summed E-state index contributed by atoms with van der Waals surface area (Å²) in [6.45, 7) is 22.7. The summed E-state index contributed by atoms with van der Waals surface area (Å²) in [7, 11) is 0. The maximum atomic E-state index is 13.3. The highest BCUT2D eigenvalue weighted by atomic mass is 16.8. The molecule has 6 unspecified atom stereocenters. The van der Waals surface area contributed by atoms with Gasteiger partial charge in [-0.25, -0.2) is 19.2 Å². The van der Waals surface area contributed by atoms with Crippen LogP contribution in [0.5, 0.6) is 0 Å². The van der Waals surface area contributed by atoms with Crippen LogP contribution < -0.4 is 21.3 Å². The zero-order chi connectivity index (χ0) is 48.3. The van der Waals surface area contributed by atoms with E-state index in [1.54, 1.807) is 83.1 Å². The molecule has 0 bridgehead atoms. The Morgan fingerprint density at radius 1 is 0.631 bits per heavy atom. The van der Waals surface area contributed by atoms with Crippen molar-refractivity contribution in [2.24, 2.45) is 5.92 Å². The Labute approximate surface area is 383 Å². The van der Waals surface area contributed by atoms with Gasteiger partial charge in [0.1, 0.15) is 52.9 Å². The number of hydrogen-bond donors (Lipinski definition) is 6. The van der Waals surface area contributed by atoms with Gasteiger partial charge in [0.05, 0.1) is 36.9 Å². The molecule has 4 amide bonds. The lowest BCUT2D eigenvalue weighted by Crippen LogP contribution is -2.71. The lowest BCUT2D eigenvalue weighted by Gasteiger charge is -2.53. The van der Waals surface area contributed by atoms with Gasteiger partial charge in [0.25, 0.3) is 0 Å². The van der Waals surface area contributed by atoms with Gasteiger partial charge in [-0.2, -0.15) is 0 Å². The van der Waals surface area contributed by atoms with Gasteiger partial charge < -0.3 is 78.8 Å². The molecule has 1 spiro atoms. The Morgan fingerprint density at radius 2 is 1.15 bits per heavy atom. The van der Waals surface area contributed by atoms with Gasteiger partial charge in [-0.1, -0.05) is 13.3 Å². The van der Waals surface area contributed by atoms with Gasteiger partial charge >= 0.3 is 24.4 Å². The van der Waals surface area contributed by atoms with E-state index in [0.717, 1.165) is 19.3 Å². The molecule has 6 N–H and O–H groups in total. The number of aliphatic hydroxyl groups excluding tert-OH is 2. The van der Waals surface area contributed by atoms with E-state index in [1.807, 2.05) is 6.92 Å². The van der Waals surface area contributed by atoms with Gasteiger partial charge in [-0.3, -0.25) is 0 Å². The highest BCUT2D eigenvalue weighted by Crippen LogP contribution is 2.42. The van der Waals surface area contributed by atoms with Crippen molar-refractivity contribution in [2.75, 3.05) is 13.2 Å². The second kappa shape index (κ2) is 21.0. The standard InChI is InChI=1S/C45H78N4O16/c1-24-21-27(48-39(54)64-43(8,9)10)33(60-35-26(47-38(53)63-42(5,6)7)18-17-25(57-35)22-46-37(52)62-41(2,3)4)31(51)32(24)59-36-30(50)29(49-40(55)65-44(11,12)13)34-28(58-36)23-56-45(61-34)19-15-14-16-20-45/h24-36,50-51H,14-23H2,1-13H3,(H,46,52)(H,47,53)(H,48,54)(H,49,55)/t24-,25?,26?,27+,28?,29-,30?,31?,32-,33?,34+,35+,36+/m1/s1. The molecule has 374 valence electrons. The Morgan fingerprint density at radius 3 is 1.72 bits per heavy atom. The zero-order valence-corrected chi connectivity index (χ0v) is 40.7. The van der Waals surface area contributed by atoms with Crippen molar-refractivity contribution in [1.82, 2.24) is 21.3 Å². The SMILES string of the molecule is C[C@@H]1C[C@H](NC(=O)OC(C)(C)C)C(O[C@@H]2OC(CNC(=O)OC(C)(C)C)CCC2NC(=O)OC(C)(C)C)C(O)[C@@H]1O[C@@H]1OC2COC3(CCCCC3)O[C@@H]2[C@H](NC(=O)OC(C)(C)C)C1O. The topological polar surface area (TPSA) is 249 Å². The molecule has 5 rings (SSSR count). The average Bonchev–Trinajstić information content (AvgIpc) is 3.14. The molecule has 65 heavy (non-hydrogen) atoms. The molecule has 0 aromatic rings. The maximum absolute atomic E-state index is 13.3. The van der Waals surface area contributed by atoms with Crippen molar-refractivity contribution in [3.63, 3.8) is 0 Å². The Hall–Kier alpha value is -3.24. The first-order valence-electron chi connectivity index (χ1n) is 23.2. The van der Waals surface area contributed by atoms with E-state index in [-0.39, 0.29) is 19.6 Å². The van der Waals surface area contributed by atoms with E-state index >= 15 is 0 Å². The fourth-order valence-electron chi connectivity index (χ4n) is 8.77. The minimum atomic E-state index is -1.53. The Kier molecular flexibility index (Phi) is 17.0. The third kappa shape index (κ3) is 15.7. The fraction of sp³-hybridized carbons (Fsp3) is 0.911.